The molecule has 19 heavy (non-hydrogen) atoms. The normalized spacial score (nSPS) is 11.1. The summed E-state index contributed by atoms with van der Waals surface area (Å²) in [7, 11) is 0. The number of hydrogen-bond donors (Lipinski definition) is 0. The van der Waals surface area contributed by atoms with Gasteiger partial charge in [-0.1, -0.05) is 23.9 Å². The Morgan fingerprint density at radius 3 is 2.00 bits per heavy atom. The molecule has 2 aromatic carbocycles. The van der Waals surface area contributed by atoms with Crippen molar-refractivity contribution < 1.29 is 22.6 Å². The number of nitrogens with one attached hydrogen (secondary N) is 1. The molecule has 0 unspecified atom stereocenters. The monoisotopic (exact) mass is 268 g/mol. The smallest absolute Gasteiger partial charge is 0.573 e. The summed E-state index contributed by atoms with van der Waals surface area (Å²) in [6, 6.07) is 11.5. The van der Waals surface area contributed by atoms with Gasteiger partial charge in [-0.3, -0.25) is 0 Å². The van der Waals surface area contributed by atoms with Gasteiger partial charge in [0.2, 0.25) is 0 Å². The van der Waals surface area contributed by atoms with E-state index in [0.717, 1.165) is 12.1 Å². The number of benzene rings is 2. The molecule has 2 rings (SSSR count). The third kappa shape index (κ3) is 3.80. The molecular weight excluding hydrogens is 259 g/mol. The fraction of sp³-hybridized carbons (Fsp3) is 0.0769. The van der Waals surface area contributed by atoms with E-state index in [-0.39, 0.29) is 11.4 Å². The minimum Gasteiger partial charge on any atom is -0.696 e. The van der Waals surface area contributed by atoms with Crippen LogP contribution in [0.4, 0.5) is 18.9 Å². The lowest BCUT2D eigenvalue weighted by Gasteiger charge is -2.13. The fourth-order valence-corrected chi connectivity index (χ4v) is 1.39. The van der Waals surface area contributed by atoms with E-state index < -0.39 is 6.36 Å². The largest absolute Gasteiger partial charge is 0.696 e. The summed E-state index contributed by atoms with van der Waals surface area (Å²) in [5, 5.41) is 0. The number of hydrogen-bond acceptors (Lipinski definition) is 2. The van der Waals surface area contributed by atoms with Crippen LogP contribution in [0.2, 0.25) is 0 Å². The van der Waals surface area contributed by atoms with E-state index in [1.165, 1.54) is 12.1 Å². The maximum Gasteiger partial charge on any atom is 0.573 e. The van der Waals surface area contributed by atoms with Crippen molar-refractivity contribution in [3.63, 3.8) is 0 Å². The molecule has 0 saturated carbocycles. The van der Waals surface area contributed by atoms with Crippen LogP contribution in [0.1, 0.15) is 0 Å². The molecular formula is C13H9F3NO2-. The van der Waals surface area contributed by atoms with Gasteiger partial charge in [0.05, 0.1) is 0 Å². The van der Waals surface area contributed by atoms with Crippen LogP contribution < -0.4 is 9.47 Å². The standard InChI is InChI=1S/C13H9F3NO2/c14-13(15,16)19-10-7-5-9(6-8-10)18-12-4-2-1-3-11(12)17/h1-8,17H/q-1. The van der Waals surface area contributed by atoms with E-state index in [2.05, 4.69) is 4.74 Å². The average molecular weight is 268 g/mol. The van der Waals surface area contributed by atoms with Crippen LogP contribution in [0, 0.1) is 0 Å². The van der Waals surface area contributed by atoms with Gasteiger partial charge in [-0.05, 0) is 30.3 Å². The summed E-state index contributed by atoms with van der Waals surface area (Å²) in [4.78, 5) is 0. The van der Waals surface area contributed by atoms with Crippen LogP contribution in [0.25, 0.3) is 5.73 Å². The minimum atomic E-state index is -4.71. The molecule has 0 fully saturated rings. The van der Waals surface area contributed by atoms with E-state index in [4.69, 9.17) is 10.5 Å². The summed E-state index contributed by atoms with van der Waals surface area (Å²) in [6.07, 6.45) is -4.71. The SMILES string of the molecule is [NH-]c1ccccc1Oc1ccc(OC(F)(F)F)cc1. The van der Waals surface area contributed by atoms with E-state index >= 15 is 0 Å². The molecule has 100 valence electrons. The molecule has 0 radical (unpaired) electrons. The van der Waals surface area contributed by atoms with Gasteiger partial charge in [0.1, 0.15) is 17.2 Å². The van der Waals surface area contributed by atoms with Crippen LogP contribution in [0.5, 0.6) is 17.2 Å². The molecule has 1 N–H and O–H groups in total. The van der Waals surface area contributed by atoms with E-state index in [1.54, 1.807) is 24.3 Å². The van der Waals surface area contributed by atoms with Gasteiger partial charge in [-0.15, -0.1) is 13.2 Å². The first kappa shape index (κ1) is 13.1. The highest BCUT2D eigenvalue weighted by Gasteiger charge is 2.30. The van der Waals surface area contributed by atoms with Gasteiger partial charge in [-0.25, -0.2) is 0 Å². The molecule has 0 aliphatic heterocycles. The van der Waals surface area contributed by atoms with Gasteiger partial charge in [0.25, 0.3) is 0 Å². The average Bonchev–Trinajstić information content (AvgIpc) is 2.33. The van der Waals surface area contributed by atoms with Crippen LogP contribution >= 0.6 is 0 Å². The molecule has 0 atom stereocenters. The third-order valence-electron chi connectivity index (χ3n) is 2.17. The molecule has 0 heterocycles. The lowest BCUT2D eigenvalue weighted by Crippen LogP contribution is -2.16. The molecule has 0 spiro atoms. The van der Waals surface area contributed by atoms with E-state index in [0.29, 0.717) is 11.5 Å². The Hall–Kier alpha value is -2.37. The van der Waals surface area contributed by atoms with Crippen LogP contribution in [0.3, 0.4) is 0 Å². The Labute approximate surface area is 107 Å². The van der Waals surface area contributed by atoms with Crippen LogP contribution in [-0.2, 0) is 0 Å². The first-order chi connectivity index (χ1) is 8.94. The van der Waals surface area contributed by atoms with Crippen molar-refractivity contribution in [3.05, 3.63) is 54.3 Å². The maximum absolute atomic E-state index is 12.0. The van der Waals surface area contributed by atoms with Crippen molar-refractivity contribution in [1.82, 2.24) is 0 Å². The zero-order valence-corrected chi connectivity index (χ0v) is 9.57. The van der Waals surface area contributed by atoms with Crippen molar-refractivity contribution >= 4 is 5.69 Å². The first-order valence-electron chi connectivity index (χ1n) is 5.28. The molecule has 0 aliphatic rings. The number of alkyl halides is 3. The number of para-hydroxylation sites is 1. The van der Waals surface area contributed by atoms with Gasteiger partial charge in [0, 0.05) is 0 Å². The van der Waals surface area contributed by atoms with Crippen molar-refractivity contribution in [3.8, 4) is 17.2 Å². The molecule has 0 aromatic heterocycles. The lowest BCUT2D eigenvalue weighted by atomic mass is 10.3. The summed E-state index contributed by atoms with van der Waals surface area (Å²) in [5.41, 5.74) is 7.77. The highest BCUT2D eigenvalue weighted by Crippen LogP contribution is 2.32. The van der Waals surface area contributed by atoms with E-state index in [9.17, 15) is 13.2 Å². The highest BCUT2D eigenvalue weighted by molar-refractivity contribution is 5.57. The third-order valence-corrected chi connectivity index (χ3v) is 2.17. The Balaban J connectivity index is 2.09. The van der Waals surface area contributed by atoms with Gasteiger partial charge in [0.15, 0.2) is 0 Å². The first-order valence-corrected chi connectivity index (χ1v) is 5.28. The Kier molecular flexibility index (Phi) is 3.50. The molecule has 3 nitrogen and oxygen atoms in total. The quantitative estimate of drug-likeness (QED) is 0.780. The fourth-order valence-electron chi connectivity index (χ4n) is 1.39. The Morgan fingerprint density at radius 2 is 1.42 bits per heavy atom. The highest BCUT2D eigenvalue weighted by atomic mass is 19.4. The predicted octanol–water partition coefficient (Wildman–Crippen LogP) is 5.06. The van der Waals surface area contributed by atoms with Crippen LogP contribution in [0.15, 0.2) is 48.5 Å². The number of ether oxygens (including phenoxy) is 2. The van der Waals surface area contributed by atoms with Crippen molar-refractivity contribution in [1.29, 1.82) is 0 Å². The molecule has 6 heteroatoms. The number of rotatable bonds is 3. The van der Waals surface area contributed by atoms with Gasteiger partial charge >= 0.3 is 6.36 Å². The Morgan fingerprint density at radius 1 is 0.842 bits per heavy atom. The van der Waals surface area contributed by atoms with E-state index in [1.807, 2.05) is 0 Å². The molecule has 0 bridgehead atoms. The molecule has 0 amide bonds. The molecule has 0 saturated heterocycles. The Bertz CT molecular complexity index is 553. The van der Waals surface area contributed by atoms with Crippen LogP contribution in [-0.4, -0.2) is 6.36 Å². The summed E-state index contributed by atoms with van der Waals surface area (Å²) < 4.78 is 45.0. The van der Waals surface area contributed by atoms with Crippen molar-refractivity contribution in [2.45, 2.75) is 6.36 Å². The second-order valence-electron chi connectivity index (χ2n) is 3.62. The zero-order chi connectivity index (χ0) is 13.9. The maximum atomic E-state index is 12.0. The zero-order valence-electron chi connectivity index (χ0n) is 9.57. The predicted molar refractivity (Wildman–Crippen MR) is 63.6 cm³/mol. The minimum absolute atomic E-state index is 0.193. The topological polar surface area (TPSA) is 42.3 Å². The lowest BCUT2D eigenvalue weighted by molar-refractivity contribution is -0.274. The van der Waals surface area contributed by atoms with Crippen molar-refractivity contribution in [2.24, 2.45) is 0 Å². The number of halogens is 3. The van der Waals surface area contributed by atoms with Gasteiger partial charge < -0.3 is 15.2 Å². The summed E-state index contributed by atoms with van der Waals surface area (Å²) in [5.74, 6) is 0.334. The summed E-state index contributed by atoms with van der Waals surface area (Å²) >= 11 is 0. The second-order valence-corrected chi connectivity index (χ2v) is 3.62. The second kappa shape index (κ2) is 5.09. The molecule has 0 aliphatic carbocycles. The van der Waals surface area contributed by atoms with Gasteiger partial charge in [-0.2, -0.15) is 0 Å². The molecule has 2 aromatic rings. The summed E-state index contributed by atoms with van der Waals surface area (Å²) in [6.45, 7) is 0. The van der Waals surface area contributed by atoms with Crippen molar-refractivity contribution in [2.75, 3.05) is 0 Å².